The molecule has 0 amide bonds. The molecule has 146 valence electrons. The molecule has 29 heavy (non-hydrogen) atoms. The number of hydrogen-bond acceptors (Lipinski definition) is 4. The summed E-state index contributed by atoms with van der Waals surface area (Å²) >= 11 is 0. The number of rotatable bonds is 2. The van der Waals surface area contributed by atoms with E-state index in [9.17, 15) is 18.4 Å². The van der Waals surface area contributed by atoms with Crippen molar-refractivity contribution < 1.29 is 22.6 Å². The Morgan fingerprint density at radius 1 is 1.07 bits per heavy atom. The molecule has 0 bridgehead atoms. The van der Waals surface area contributed by atoms with Crippen LogP contribution in [-0.4, -0.2) is 13.0 Å². The van der Waals surface area contributed by atoms with Crippen LogP contribution >= 0.6 is 0 Å². The Balaban J connectivity index is 2.01. The molecule has 1 N–H and O–H groups in total. The maximum absolute atomic E-state index is 13.3. The maximum atomic E-state index is 13.3. The molecule has 1 aliphatic rings. The molecule has 4 rings (SSSR count). The van der Waals surface area contributed by atoms with Gasteiger partial charge in [-0.05, 0) is 17.7 Å². The average molecular weight is 396 g/mol. The van der Waals surface area contributed by atoms with Gasteiger partial charge in [-0.15, -0.1) is 0 Å². The quantitative estimate of drug-likeness (QED) is 0.621. The number of benzene rings is 3. The van der Waals surface area contributed by atoms with E-state index >= 15 is 0 Å². The smallest absolute Gasteiger partial charge is 0.416 e. The minimum atomic E-state index is -4.51. The fourth-order valence-corrected chi connectivity index (χ4v) is 3.77. The van der Waals surface area contributed by atoms with Gasteiger partial charge >= 0.3 is 6.18 Å². The lowest BCUT2D eigenvalue weighted by Gasteiger charge is -2.32. The van der Waals surface area contributed by atoms with Crippen LogP contribution in [0.4, 0.5) is 13.2 Å². The van der Waals surface area contributed by atoms with E-state index in [1.165, 1.54) is 19.2 Å². The lowest BCUT2D eigenvalue weighted by molar-refractivity contribution is -0.137. The summed E-state index contributed by atoms with van der Waals surface area (Å²) in [6.07, 6.45) is -4.51. The van der Waals surface area contributed by atoms with E-state index in [0.29, 0.717) is 22.4 Å². The standard InChI is InChI=1S/C22H15F3N2O2/c1-28-18-10-16-19(12-5-4-6-13(9-12)22(23,24)25)17(11-26)21(27)29-20(16)15-8-3-2-7-14(15)18/h2-10,17,19,27H,1H3. The van der Waals surface area contributed by atoms with Gasteiger partial charge < -0.3 is 9.47 Å². The van der Waals surface area contributed by atoms with Gasteiger partial charge in [0, 0.05) is 22.3 Å². The highest BCUT2D eigenvalue weighted by atomic mass is 19.4. The highest BCUT2D eigenvalue weighted by Gasteiger charge is 2.39. The Morgan fingerprint density at radius 2 is 1.79 bits per heavy atom. The van der Waals surface area contributed by atoms with E-state index in [2.05, 4.69) is 0 Å². The number of halogens is 3. The summed E-state index contributed by atoms with van der Waals surface area (Å²) in [5.41, 5.74) is -0.000509. The van der Waals surface area contributed by atoms with Crippen LogP contribution in [-0.2, 0) is 6.18 Å². The zero-order chi connectivity index (χ0) is 20.8. The molecular weight excluding hydrogens is 381 g/mol. The molecule has 3 aromatic carbocycles. The minimum absolute atomic E-state index is 0.290. The predicted octanol–water partition coefficient (Wildman–Crippen LogP) is 5.51. The molecule has 3 aromatic rings. The van der Waals surface area contributed by atoms with Crippen molar-refractivity contribution in [1.29, 1.82) is 10.7 Å². The van der Waals surface area contributed by atoms with Crippen LogP contribution in [0.15, 0.2) is 54.6 Å². The second kappa shape index (κ2) is 6.82. The number of nitriles is 1. The van der Waals surface area contributed by atoms with Crippen molar-refractivity contribution in [1.82, 2.24) is 0 Å². The molecule has 0 fully saturated rings. The van der Waals surface area contributed by atoms with Gasteiger partial charge in [0.1, 0.15) is 17.4 Å². The number of nitrogens with one attached hydrogen (secondary N) is 1. The van der Waals surface area contributed by atoms with Crippen molar-refractivity contribution in [2.45, 2.75) is 12.1 Å². The summed E-state index contributed by atoms with van der Waals surface area (Å²) in [6, 6.07) is 15.8. The molecule has 4 nitrogen and oxygen atoms in total. The van der Waals surface area contributed by atoms with E-state index in [-0.39, 0.29) is 11.5 Å². The topological polar surface area (TPSA) is 66.1 Å². The molecule has 7 heteroatoms. The first-order valence-electron chi connectivity index (χ1n) is 8.78. The molecule has 2 atom stereocenters. The SMILES string of the molecule is COc1cc2c(c3ccccc13)OC(=N)C(C#N)C2c1cccc(C(F)(F)F)c1. The number of ether oxygens (including phenoxy) is 2. The molecule has 2 unspecified atom stereocenters. The Kier molecular flexibility index (Phi) is 4.42. The first-order valence-corrected chi connectivity index (χ1v) is 8.78. The van der Waals surface area contributed by atoms with Gasteiger partial charge in [0.2, 0.25) is 5.90 Å². The summed E-state index contributed by atoms with van der Waals surface area (Å²) in [7, 11) is 1.50. The number of fused-ring (bicyclic) bond motifs is 3. The first-order chi connectivity index (χ1) is 13.8. The third-order valence-corrected chi connectivity index (χ3v) is 5.08. The van der Waals surface area contributed by atoms with Crippen LogP contribution < -0.4 is 9.47 Å². The molecule has 1 heterocycles. The van der Waals surface area contributed by atoms with E-state index < -0.39 is 23.6 Å². The minimum Gasteiger partial charge on any atom is -0.496 e. The fourth-order valence-electron chi connectivity index (χ4n) is 3.77. The van der Waals surface area contributed by atoms with E-state index in [4.69, 9.17) is 14.9 Å². The van der Waals surface area contributed by atoms with Crippen molar-refractivity contribution in [2.75, 3.05) is 7.11 Å². The van der Waals surface area contributed by atoms with Gasteiger partial charge in [0.25, 0.3) is 0 Å². The average Bonchev–Trinajstić information content (AvgIpc) is 2.72. The molecule has 0 aromatic heterocycles. The predicted molar refractivity (Wildman–Crippen MR) is 101 cm³/mol. The molecule has 0 saturated heterocycles. The number of hydrogen-bond donors (Lipinski definition) is 1. The molecular formula is C22H15F3N2O2. The normalized spacial score (nSPS) is 18.7. The molecule has 0 spiro atoms. The number of nitrogens with zero attached hydrogens (tertiary/aromatic N) is 1. The van der Waals surface area contributed by atoms with Crippen molar-refractivity contribution in [3.8, 4) is 17.6 Å². The Morgan fingerprint density at radius 3 is 2.45 bits per heavy atom. The third-order valence-electron chi connectivity index (χ3n) is 5.08. The van der Waals surface area contributed by atoms with Crippen molar-refractivity contribution >= 4 is 16.7 Å². The first kappa shape index (κ1) is 18.8. The van der Waals surface area contributed by atoms with E-state index in [0.717, 1.165) is 17.5 Å². The Labute approximate surface area is 164 Å². The highest BCUT2D eigenvalue weighted by molar-refractivity contribution is 5.99. The van der Waals surface area contributed by atoms with Gasteiger partial charge in [-0.25, -0.2) is 0 Å². The monoisotopic (exact) mass is 396 g/mol. The van der Waals surface area contributed by atoms with Crippen molar-refractivity contribution in [3.63, 3.8) is 0 Å². The molecule has 0 aliphatic carbocycles. The van der Waals surface area contributed by atoms with Gasteiger partial charge in [0.05, 0.1) is 18.7 Å². The highest BCUT2D eigenvalue weighted by Crippen LogP contribution is 2.48. The van der Waals surface area contributed by atoms with Gasteiger partial charge in [-0.1, -0.05) is 42.5 Å². The van der Waals surface area contributed by atoms with Crippen LogP contribution in [0.25, 0.3) is 10.8 Å². The largest absolute Gasteiger partial charge is 0.496 e. The van der Waals surface area contributed by atoms with Crippen LogP contribution in [0.5, 0.6) is 11.5 Å². The lowest BCUT2D eigenvalue weighted by Crippen LogP contribution is -2.31. The van der Waals surface area contributed by atoms with E-state index in [1.54, 1.807) is 18.2 Å². The lowest BCUT2D eigenvalue weighted by atomic mass is 9.78. The van der Waals surface area contributed by atoms with Crippen LogP contribution in [0.2, 0.25) is 0 Å². The third kappa shape index (κ3) is 3.07. The fraction of sp³-hybridized carbons (Fsp3) is 0.182. The van der Waals surface area contributed by atoms with Crippen LogP contribution in [0.1, 0.15) is 22.6 Å². The summed E-state index contributed by atoms with van der Waals surface area (Å²) in [5.74, 6) is -1.27. The zero-order valence-corrected chi connectivity index (χ0v) is 15.2. The Bertz CT molecular complexity index is 1160. The van der Waals surface area contributed by atoms with Crippen molar-refractivity contribution in [3.05, 3.63) is 71.3 Å². The second-order valence-electron chi connectivity index (χ2n) is 6.72. The van der Waals surface area contributed by atoms with Gasteiger partial charge in [0.15, 0.2) is 0 Å². The second-order valence-corrected chi connectivity index (χ2v) is 6.72. The molecule has 0 saturated carbocycles. The summed E-state index contributed by atoms with van der Waals surface area (Å²) in [5, 5.41) is 19.3. The van der Waals surface area contributed by atoms with Gasteiger partial charge in [-0.3, -0.25) is 5.41 Å². The van der Waals surface area contributed by atoms with Gasteiger partial charge in [-0.2, -0.15) is 18.4 Å². The van der Waals surface area contributed by atoms with Crippen molar-refractivity contribution in [2.24, 2.45) is 5.92 Å². The number of alkyl halides is 3. The van der Waals surface area contributed by atoms with Crippen LogP contribution in [0, 0.1) is 22.7 Å². The number of methoxy groups -OCH3 is 1. The Hall–Kier alpha value is -3.53. The molecule has 0 radical (unpaired) electrons. The maximum Gasteiger partial charge on any atom is 0.416 e. The van der Waals surface area contributed by atoms with Crippen LogP contribution in [0.3, 0.4) is 0 Å². The summed E-state index contributed by atoms with van der Waals surface area (Å²) in [4.78, 5) is 0. The summed E-state index contributed by atoms with van der Waals surface area (Å²) in [6.45, 7) is 0. The summed E-state index contributed by atoms with van der Waals surface area (Å²) < 4.78 is 50.9. The zero-order valence-electron chi connectivity index (χ0n) is 15.2. The molecule has 1 aliphatic heterocycles. The van der Waals surface area contributed by atoms with E-state index in [1.807, 2.05) is 18.2 Å².